The number of carbonyl (C=O) groups is 2. The predicted molar refractivity (Wildman–Crippen MR) is 62.3 cm³/mol. The van der Waals surface area contributed by atoms with E-state index in [1.165, 1.54) is 7.11 Å². The number of hydrogen-bond donors (Lipinski definition) is 1. The van der Waals surface area contributed by atoms with Gasteiger partial charge in [-0.2, -0.15) is 0 Å². The van der Waals surface area contributed by atoms with Crippen LogP contribution in [0.3, 0.4) is 0 Å². The summed E-state index contributed by atoms with van der Waals surface area (Å²) in [5.74, 6) is -0.0966. The van der Waals surface area contributed by atoms with Gasteiger partial charge in [0.1, 0.15) is 0 Å². The fourth-order valence-corrected chi connectivity index (χ4v) is 2.08. The van der Waals surface area contributed by atoms with Gasteiger partial charge in [0.15, 0.2) is 0 Å². The van der Waals surface area contributed by atoms with Crippen molar-refractivity contribution in [2.24, 2.45) is 5.92 Å². The first-order chi connectivity index (χ1) is 8.19. The van der Waals surface area contributed by atoms with Gasteiger partial charge in [-0.05, 0) is 25.7 Å². The fourth-order valence-electron chi connectivity index (χ4n) is 2.08. The quantitative estimate of drug-likeness (QED) is 0.566. The molecule has 0 saturated carbocycles. The summed E-state index contributed by atoms with van der Waals surface area (Å²) >= 11 is 0. The lowest BCUT2D eigenvalue weighted by atomic mass is 9.97. The van der Waals surface area contributed by atoms with Crippen LogP contribution in [0.15, 0.2) is 0 Å². The van der Waals surface area contributed by atoms with Gasteiger partial charge >= 0.3 is 5.97 Å². The van der Waals surface area contributed by atoms with Crippen molar-refractivity contribution in [3.05, 3.63) is 0 Å². The first kappa shape index (κ1) is 14.0. The molecule has 0 atom stereocenters. The minimum Gasteiger partial charge on any atom is -0.469 e. The fraction of sp³-hybridized carbons (Fsp3) is 0.833. The van der Waals surface area contributed by atoms with Crippen LogP contribution < -0.4 is 0 Å². The van der Waals surface area contributed by atoms with E-state index in [9.17, 15) is 9.59 Å². The Hall–Kier alpha value is -1.10. The molecule has 1 amide bonds. The van der Waals surface area contributed by atoms with Crippen LogP contribution in [0.25, 0.3) is 0 Å². The van der Waals surface area contributed by atoms with Crippen LogP contribution in [0.5, 0.6) is 0 Å². The van der Waals surface area contributed by atoms with Crippen molar-refractivity contribution in [3.8, 4) is 0 Å². The molecule has 1 rings (SSSR count). The Morgan fingerprint density at radius 2 is 1.94 bits per heavy atom. The first-order valence-corrected chi connectivity index (χ1v) is 6.15. The first-order valence-electron chi connectivity index (χ1n) is 6.15. The van der Waals surface area contributed by atoms with Crippen LogP contribution in [0.2, 0.25) is 0 Å². The van der Waals surface area contributed by atoms with E-state index in [2.05, 4.69) is 0 Å². The number of carbonyl (C=O) groups excluding carboxylic acids is 2. The number of unbranched alkanes of at least 4 members (excludes halogenated alkanes) is 1. The zero-order valence-electron chi connectivity index (χ0n) is 10.4. The van der Waals surface area contributed by atoms with E-state index >= 15 is 0 Å². The predicted octanol–water partition coefficient (Wildman–Crippen LogP) is 0.561. The normalized spacial score (nSPS) is 16.9. The van der Waals surface area contributed by atoms with E-state index in [1.54, 1.807) is 4.90 Å². The monoisotopic (exact) mass is 243 g/mol. The molecule has 1 saturated heterocycles. The highest BCUT2D eigenvalue weighted by Crippen LogP contribution is 2.19. The minimum absolute atomic E-state index is 0.0542. The summed E-state index contributed by atoms with van der Waals surface area (Å²) in [6.45, 7) is 1.41. The van der Waals surface area contributed by atoms with Gasteiger partial charge in [-0.3, -0.25) is 9.59 Å². The largest absolute Gasteiger partial charge is 0.469 e. The van der Waals surface area contributed by atoms with Gasteiger partial charge in [-0.1, -0.05) is 0 Å². The average Bonchev–Trinajstić information content (AvgIpc) is 2.38. The van der Waals surface area contributed by atoms with E-state index in [0.29, 0.717) is 38.8 Å². The third kappa shape index (κ3) is 4.34. The summed E-state index contributed by atoms with van der Waals surface area (Å²) < 4.78 is 4.69. The standard InChI is InChI=1S/C12H21NO4/c1-17-12(16)10-5-7-13(8-6-10)11(15)4-2-3-9-14/h10,14H,2-9H2,1H3. The third-order valence-electron chi connectivity index (χ3n) is 3.18. The summed E-state index contributed by atoms with van der Waals surface area (Å²) in [5, 5.41) is 8.64. The number of methoxy groups -OCH3 is 1. The molecular formula is C12H21NO4. The average molecular weight is 243 g/mol. The van der Waals surface area contributed by atoms with Crippen LogP contribution in [-0.2, 0) is 14.3 Å². The minimum atomic E-state index is -0.169. The van der Waals surface area contributed by atoms with E-state index in [4.69, 9.17) is 9.84 Å². The molecule has 0 aromatic rings. The van der Waals surface area contributed by atoms with Crippen LogP contribution in [-0.4, -0.2) is 48.7 Å². The number of ether oxygens (including phenoxy) is 1. The zero-order chi connectivity index (χ0) is 12.7. The van der Waals surface area contributed by atoms with Crippen molar-refractivity contribution >= 4 is 11.9 Å². The molecule has 1 N–H and O–H groups in total. The molecule has 17 heavy (non-hydrogen) atoms. The zero-order valence-corrected chi connectivity index (χ0v) is 10.4. The molecule has 0 unspecified atom stereocenters. The molecule has 5 nitrogen and oxygen atoms in total. The Labute approximate surface area is 102 Å². The SMILES string of the molecule is COC(=O)C1CCN(C(=O)CCCCO)CC1. The Kier molecular flexibility index (Phi) is 5.97. The summed E-state index contributed by atoms with van der Waals surface area (Å²) in [6, 6.07) is 0. The van der Waals surface area contributed by atoms with Crippen LogP contribution in [0.4, 0.5) is 0 Å². The van der Waals surface area contributed by atoms with E-state index in [1.807, 2.05) is 0 Å². The topological polar surface area (TPSA) is 66.8 Å². The Balaban J connectivity index is 2.26. The Morgan fingerprint density at radius 3 is 2.47 bits per heavy atom. The molecular weight excluding hydrogens is 222 g/mol. The van der Waals surface area contributed by atoms with Gasteiger partial charge in [0.25, 0.3) is 0 Å². The van der Waals surface area contributed by atoms with E-state index in [0.717, 1.165) is 6.42 Å². The van der Waals surface area contributed by atoms with Crippen LogP contribution >= 0.6 is 0 Å². The van der Waals surface area contributed by atoms with Gasteiger partial charge in [0, 0.05) is 26.1 Å². The molecule has 1 fully saturated rings. The number of aliphatic hydroxyl groups excluding tert-OH is 1. The number of rotatable bonds is 5. The second kappa shape index (κ2) is 7.27. The molecule has 1 aliphatic rings. The van der Waals surface area contributed by atoms with Crippen molar-refractivity contribution in [3.63, 3.8) is 0 Å². The second-order valence-electron chi connectivity index (χ2n) is 4.36. The number of amides is 1. The van der Waals surface area contributed by atoms with Crippen LogP contribution in [0, 0.1) is 5.92 Å². The second-order valence-corrected chi connectivity index (χ2v) is 4.36. The maximum absolute atomic E-state index is 11.7. The third-order valence-corrected chi connectivity index (χ3v) is 3.18. The van der Waals surface area contributed by atoms with Crippen molar-refractivity contribution in [2.45, 2.75) is 32.1 Å². The van der Waals surface area contributed by atoms with Crippen molar-refractivity contribution < 1.29 is 19.4 Å². The highest BCUT2D eigenvalue weighted by Gasteiger charge is 2.27. The molecule has 0 aliphatic carbocycles. The van der Waals surface area contributed by atoms with Crippen molar-refractivity contribution in [1.29, 1.82) is 0 Å². The van der Waals surface area contributed by atoms with Gasteiger partial charge in [-0.15, -0.1) is 0 Å². The highest BCUT2D eigenvalue weighted by molar-refractivity contribution is 5.77. The van der Waals surface area contributed by atoms with Gasteiger partial charge in [0.2, 0.25) is 5.91 Å². The van der Waals surface area contributed by atoms with E-state index < -0.39 is 0 Å². The number of esters is 1. The molecule has 0 radical (unpaired) electrons. The number of aliphatic hydroxyl groups is 1. The summed E-state index contributed by atoms with van der Waals surface area (Å²) in [4.78, 5) is 24.9. The lowest BCUT2D eigenvalue weighted by Gasteiger charge is -2.30. The summed E-state index contributed by atoms with van der Waals surface area (Å²) in [6.07, 6.45) is 3.27. The molecule has 5 heteroatoms. The summed E-state index contributed by atoms with van der Waals surface area (Å²) in [7, 11) is 1.40. The number of hydrogen-bond acceptors (Lipinski definition) is 4. The molecule has 0 spiro atoms. The number of nitrogens with zero attached hydrogens (tertiary/aromatic N) is 1. The smallest absolute Gasteiger partial charge is 0.308 e. The van der Waals surface area contributed by atoms with Gasteiger partial charge in [0.05, 0.1) is 13.0 Å². The molecule has 1 heterocycles. The number of piperidine rings is 1. The van der Waals surface area contributed by atoms with E-state index in [-0.39, 0.29) is 24.4 Å². The highest BCUT2D eigenvalue weighted by atomic mass is 16.5. The Bertz CT molecular complexity index is 259. The maximum Gasteiger partial charge on any atom is 0.308 e. The number of likely N-dealkylation sites (tertiary alicyclic amines) is 1. The van der Waals surface area contributed by atoms with Crippen molar-refractivity contribution in [2.75, 3.05) is 26.8 Å². The van der Waals surface area contributed by atoms with Crippen LogP contribution in [0.1, 0.15) is 32.1 Å². The molecule has 0 aromatic carbocycles. The molecule has 1 aliphatic heterocycles. The van der Waals surface area contributed by atoms with Crippen molar-refractivity contribution in [1.82, 2.24) is 4.90 Å². The molecule has 0 bridgehead atoms. The molecule has 0 aromatic heterocycles. The lowest BCUT2D eigenvalue weighted by Crippen LogP contribution is -2.40. The molecule has 98 valence electrons. The maximum atomic E-state index is 11.7. The Morgan fingerprint density at radius 1 is 1.29 bits per heavy atom. The van der Waals surface area contributed by atoms with Gasteiger partial charge < -0.3 is 14.7 Å². The lowest BCUT2D eigenvalue weighted by molar-refractivity contribution is -0.148. The summed E-state index contributed by atoms with van der Waals surface area (Å²) in [5.41, 5.74) is 0. The van der Waals surface area contributed by atoms with Gasteiger partial charge in [-0.25, -0.2) is 0 Å².